The van der Waals surface area contributed by atoms with Crippen molar-refractivity contribution in [2.24, 2.45) is 0 Å². The van der Waals surface area contributed by atoms with Gasteiger partial charge >= 0.3 is 0 Å². The fourth-order valence-corrected chi connectivity index (χ4v) is 2.44. The minimum absolute atomic E-state index is 0.0183. The van der Waals surface area contributed by atoms with Gasteiger partial charge in [0.05, 0.1) is 12.2 Å². The lowest BCUT2D eigenvalue weighted by Crippen LogP contribution is -2.30. The van der Waals surface area contributed by atoms with Gasteiger partial charge in [0, 0.05) is 24.5 Å². The maximum atomic E-state index is 12.0. The smallest absolute Gasteiger partial charge is 0.239 e. The van der Waals surface area contributed by atoms with Crippen molar-refractivity contribution in [2.75, 3.05) is 11.9 Å². The summed E-state index contributed by atoms with van der Waals surface area (Å²) in [4.78, 5) is 12.0. The summed E-state index contributed by atoms with van der Waals surface area (Å²) in [5, 5.41) is 13.9. The number of nitrogens with zero attached hydrogens (tertiary/aromatic N) is 3. The monoisotopic (exact) mass is 325 g/mol. The van der Waals surface area contributed by atoms with Crippen LogP contribution in [0.25, 0.3) is 5.69 Å². The number of amides is 1. The Labute approximate surface area is 139 Å². The Kier molecular flexibility index (Phi) is 4.72. The maximum absolute atomic E-state index is 12.0. The molecule has 2 heterocycles. The highest BCUT2D eigenvalue weighted by atomic mass is 16.5. The average molecular weight is 325 g/mol. The van der Waals surface area contributed by atoms with E-state index in [4.69, 9.17) is 4.52 Å². The fourth-order valence-electron chi connectivity index (χ4n) is 2.44. The van der Waals surface area contributed by atoms with Crippen LogP contribution in [0.3, 0.4) is 0 Å². The fraction of sp³-hybridized carbons (Fsp3) is 0.235. The molecule has 1 amide bonds. The number of hydrogen-bond donors (Lipinski definition) is 2. The first-order valence-electron chi connectivity index (χ1n) is 7.69. The molecule has 1 unspecified atom stereocenters. The lowest BCUT2D eigenvalue weighted by Gasteiger charge is -2.17. The van der Waals surface area contributed by atoms with Crippen LogP contribution in [-0.2, 0) is 4.79 Å². The number of carbonyl (C=O) groups is 1. The predicted molar refractivity (Wildman–Crippen MR) is 89.9 cm³/mol. The van der Waals surface area contributed by atoms with E-state index in [1.54, 1.807) is 19.2 Å². The molecule has 7 heteroatoms. The molecular formula is C17H19N5O2. The zero-order valence-corrected chi connectivity index (χ0v) is 13.6. The Morgan fingerprint density at radius 2 is 2.17 bits per heavy atom. The third kappa shape index (κ3) is 3.69. The number of carbonyl (C=O) groups excluding carboxylic acids is 1. The number of para-hydroxylation sites is 1. The Bertz CT molecular complexity index is 810. The lowest BCUT2D eigenvalue weighted by molar-refractivity contribution is -0.115. The highest BCUT2D eigenvalue weighted by molar-refractivity contribution is 5.91. The zero-order valence-electron chi connectivity index (χ0n) is 13.6. The van der Waals surface area contributed by atoms with Crippen LogP contribution in [0.2, 0.25) is 0 Å². The number of nitrogens with one attached hydrogen (secondary N) is 2. The summed E-state index contributed by atoms with van der Waals surface area (Å²) in [6.07, 6.45) is 3.63. The highest BCUT2D eigenvalue weighted by Gasteiger charge is 2.13. The molecule has 7 nitrogen and oxygen atoms in total. The van der Waals surface area contributed by atoms with Gasteiger partial charge in [-0.05, 0) is 31.5 Å². The molecule has 24 heavy (non-hydrogen) atoms. The Balaban J connectivity index is 1.63. The van der Waals surface area contributed by atoms with Crippen molar-refractivity contribution in [3.8, 4) is 5.69 Å². The van der Waals surface area contributed by atoms with E-state index in [0.717, 1.165) is 11.3 Å². The first-order valence-corrected chi connectivity index (χ1v) is 7.69. The minimum atomic E-state index is -0.174. The van der Waals surface area contributed by atoms with Crippen molar-refractivity contribution >= 4 is 11.7 Å². The van der Waals surface area contributed by atoms with Gasteiger partial charge in [-0.1, -0.05) is 23.4 Å². The molecule has 0 bridgehead atoms. The predicted octanol–water partition coefficient (Wildman–Crippen LogP) is 2.46. The molecule has 0 aliphatic rings. The molecule has 1 aromatic carbocycles. The van der Waals surface area contributed by atoms with E-state index in [0.29, 0.717) is 11.6 Å². The van der Waals surface area contributed by atoms with E-state index >= 15 is 0 Å². The third-order valence-corrected chi connectivity index (χ3v) is 3.62. The van der Waals surface area contributed by atoms with Crippen LogP contribution in [-0.4, -0.2) is 27.4 Å². The van der Waals surface area contributed by atoms with Gasteiger partial charge in [0.2, 0.25) is 5.91 Å². The van der Waals surface area contributed by atoms with Gasteiger partial charge in [-0.25, -0.2) is 4.68 Å². The van der Waals surface area contributed by atoms with Gasteiger partial charge < -0.3 is 15.2 Å². The molecule has 0 fully saturated rings. The van der Waals surface area contributed by atoms with E-state index in [9.17, 15) is 4.79 Å². The largest absolute Gasteiger partial charge is 0.360 e. The molecule has 0 aliphatic heterocycles. The van der Waals surface area contributed by atoms with Crippen LogP contribution < -0.4 is 10.6 Å². The average Bonchev–Trinajstić information content (AvgIpc) is 3.24. The standard InChI is InChI=1S/C17H19N5O2/c1-12-10-16(21-24-12)20-17(23)11-18-13(2)14-6-3-4-7-15(14)22-9-5-8-19-22/h3-10,13,18H,11H2,1-2H3,(H,20,21,23). The van der Waals surface area contributed by atoms with Crippen molar-refractivity contribution in [3.63, 3.8) is 0 Å². The molecule has 2 aromatic heterocycles. The summed E-state index contributed by atoms with van der Waals surface area (Å²) < 4.78 is 6.73. The van der Waals surface area contributed by atoms with E-state index in [1.807, 2.05) is 48.1 Å². The number of aryl methyl sites for hydroxylation is 1. The summed E-state index contributed by atoms with van der Waals surface area (Å²) >= 11 is 0. The molecule has 0 saturated carbocycles. The number of hydrogen-bond acceptors (Lipinski definition) is 5. The minimum Gasteiger partial charge on any atom is -0.360 e. The quantitative estimate of drug-likeness (QED) is 0.727. The molecule has 124 valence electrons. The second-order valence-corrected chi connectivity index (χ2v) is 5.48. The second kappa shape index (κ2) is 7.10. The molecule has 1 atom stereocenters. The number of aromatic nitrogens is 3. The lowest BCUT2D eigenvalue weighted by atomic mass is 10.1. The molecule has 2 N–H and O–H groups in total. The summed E-state index contributed by atoms with van der Waals surface area (Å²) in [5.41, 5.74) is 2.04. The van der Waals surface area contributed by atoms with Gasteiger partial charge in [0.1, 0.15) is 5.76 Å². The highest BCUT2D eigenvalue weighted by Crippen LogP contribution is 2.20. The van der Waals surface area contributed by atoms with Crippen LogP contribution in [0.15, 0.2) is 53.3 Å². The summed E-state index contributed by atoms with van der Waals surface area (Å²) in [6.45, 7) is 3.95. The van der Waals surface area contributed by atoms with Gasteiger partial charge in [-0.15, -0.1) is 0 Å². The summed E-state index contributed by atoms with van der Waals surface area (Å²) in [6, 6.07) is 11.5. The maximum Gasteiger partial charge on any atom is 0.239 e. The molecule has 0 radical (unpaired) electrons. The first-order chi connectivity index (χ1) is 11.6. The first kappa shape index (κ1) is 15.9. The normalized spacial score (nSPS) is 12.1. The van der Waals surface area contributed by atoms with Crippen LogP contribution in [0, 0.1) is 6.92 Å². The van der Waals surface area contributed by atoms with Gasteiger partial charge in [0.25, 0.3) is 0 Å². The molecular weight excluding hydrogens is 306 g/mol. The second-order valence-electron chi connectivity index (χ2n) is 5.48. The molecule has 0 spiro atoms. The van der Waals surface area contributed by atoms with Crippen molar-refractivity contribution in [2.45, 2.75) is 19.9 Å². The van der Waals surface area contributed by atoms with Crippen molar-refractivity contribution in [1.29, 1.82) is 0 Å². The van der Waals surface area contributed by atoms with Crippen LogP contribution in [0.1, 0.15) is 24.3 Å². The molecule has 3 rings (SSSR count). The van der Waals surface area contributed by atoms with E-state index < -0.39 is 0 Å². The summed E-state index contributed by atoms with van der Waals surface area (Å²) in [5.74, 6) is 0.899. The topological polar surface area (TPSA) is 85.0 Å². The van der Waals surface area contributed by atoms with Gasteiger partial charge in [0.15, 0.2) is 5.82 Å². The summed E-state index contributed by atoms with van der Waals surface area (Å²) in [7, 11) is 0. The van der Waals surface area contributed by atoms with E-state index in [-0.39, 0.29) is 18.5 Å². The van der Waals surface area contributed by atoms with E-state index in [1.165, 1.54) is 0 Å². The molecule has 0 aliphatic carbocycles. The van der Waals surface area contributed by atoms with Crippen molar-refractivity contribution < 1.29 is 9.32 Å². The van der Waals surface area contributed by atoms with Crippen LogP contribution in [0.5, 0.6) is 0 Å². The van der Waals surface area contributed by atoms with Crippen LogP contribution in [0.4, 0.5) is 5.82 Å². The number of benzene rings is 1. The Morgan fingerprint density at radius 3 is 2.88 bits per heavy atom. The van der Waals surface area contributed by atoms with E-state index in [2.05, 4.69) is 20.9 Å². The number of anilines is 1. The zero-order chi connectivity index (χ0) is 16.9. The molecule has 3 aromatic rings. The van der Waals surface area contributed by atoms with Gasteiger partial charge in [-0.3, -0.25) is 4.79 Å². The Hall–Kier alpha value is -2.93. The number of rotatable bonds is 6. The van der Waals surface area contributed by atoms with Gasteiger partial charge in [-0.2, -0.15) is 5.10 Å². The SMILES string of the molecule is Cc1cc(NC(=O)CNC(C)c2ccccc2-n2cccn2)no1. The third-order valence-electron chi connectivity index (χ3n) is 3.62. The van der Waals surface area contributed by atoms with Crippen molar-refractivity contribution in [3.05, 3.63) is 60.1 Å². The Morgan fingerprint density at radius 1 is 1.33 bits per heavy atom. The molecule has 0 saturated heterocycles. The van der Waals surface area contributed by atoms with Crippen molar-refractivity contribution in [1.82, 2.24) is 20.3 Å². The van der Waals surface area contributed by atoms with Crippen LogP contribution >= 0.6 is 0 Å².